The third-order valence-electron chi connectivity index (χ3n) is 5.49. The van der Waals surface area contributed by atoms with Crippen LogP contribution < -0.4 is 5.73 Å². The zero-order valence-corrected chi connectivity index (χ0v) is 16.2. The minimum atomic E-state index is 0.0423. The molecule has 0 radical (unpaired) electrons. The van der Waals surface area contributed by atoms with Gasteiger partial charge in [-0.25, -0.2) is 4.98 Å². The number of rotatable bonds is 6. The number of hydrogen-bond acceptors (Lipinski definition) is 6. The first kappa shape index (κ1) is 19.1. The summed E-state index contributed by atoms with van der Waals surface area (Å²) in [5, 5.41) is 2.47. The predicted octanol–water partition coefficient (Wildman–Crippen LogP) is 1.54. The molecule has 2 N–H and O–H groups in total. The number of anilines is 1. The van der Waals surface area contributed by atoms with Crippen LogP contribution in [0.25, 0.3) is 0 Å². The predicted molar refractivity (Wildman–Crippen MR) is 101 cm³/mol. The normalized spacial score (nSPS) is 23.7. The maximum atomic E-state index is 12.7. The number of hydrogen-bond donors (Lipinski definition) is 1. The molecule has 0 saturated carbocycles. The molecule has 2 aliphatic rings. The van der Waals surface area contributed by atoms with E-state index >= 15 is 0 Å². The highest BCUT2D eigenvalue weighted by molar-refractivity contribution is 7.13. The summed E-state index contributed by atoms with van der Waals surface area (Å²) in [5.74, 6) is 0.383. The van der Waals surface area contributed by atoms with E-state index in [1.54, 1.807) is 7.11 Å². The maximum absolute atomic E-state index is 12.7. The number of carbonyl (C=O) groups is 2. The van der Waals surface area contributed by atoms with E-state index in [1.807, 2.05) is 15.2 Å². The first-order valence-electron chi connectivity index (χ1n) is 9.26. The summed E-state index contributed by atoms with van der Waals surface area (Å²) in [6, 6.07) is 0. The highest BCUT2D eigenvalue weighted by Crippen LogP contribution is 2.39. The van der Waals surface area contributed by atoms with Crippen LogP contribution in [0.4, 0.5) is 5.13 Å². The van der Waals surface area contributed by atoms with Gasteiger partial charge in [-0.1, -0.05) is 0 Å². The molecule has 0 unspecified atom stereocenters. The van der Waals surface area contributed by atoms with Crippen molar-refractivity contribution in [2.24, 2.45) is 5.41 Å². The van der Waals surface area contributed by atoms with E-state index in [4.69, 9.17) is 10.5 Å². The number of likely N-dealkylation sites (tertiary alicyclic amines) is 2. The Bertz CT molecular complexity index is 650. The van der Waals surface area contributed by atoms with Crippen molar-refractivity contribution in [1.82, 2.24) is 14.8 Å². The zero-order valence-electron chi connectivity index (χ0n) is 15.4. The van der Waals surface area contributed by atoms with Crippen molar-refractivity contribution in [2.45, 2.75) is 38.5 Å². The Labute approximate surface area is 158 Å². The van der Waals surface area contributed by atoms with Gasteiger partial charge >= 0.3 is 0 Å². The number of nitrogens with two attached hydrogens (primary N) is 1. The van der Waals surface area contributed by atoms with Gasteiger partial charge in [0.15, 0.2) is 5.13 Å². The van der Waals surface area contributed by atoms with Gasteiger partial charge in [0.05, 0.1) is 12.3 Å². The molecule has 1 spiro atoms. The number of methoxy groups -OCH3 is 1. The molecule has 3 rings (SSSR count). The van der Waals surface area contributed by atoms with Crippen molar-refractivity contribution in [3.8, 4) is 0 Å². The summed E-state index contributed by atoms with van der Waals surface area (Å²) in [6.45, 7) is 3.49. The summed E-state index contributed by atoms with van der Waals surface area (Å²) < 4.78 is 5.13. The minimum absolute atomic E-state index is 0.0423. The maximum Gasteiger partial charge on any atom is 0.222 e. The molecule has 2 aliphatic heterocycles. The van der Waals surface area contributed by atoms with E-state index in [2.05, 4.69) is 4.98 Å². The van der Waals surface area contributed by atoms with Crippen molar-refractivity contribution >= 4 is 28.3 Å². The Morgan fingerprint density at radius 3 is 3.00 bits per heavy atom. The molecule has 8 heteroatoms. The van der Waals surface area contributed by atoms with Crippen molar-refractivity contribution in [1.29, 1.82) is 0 Å². The SMILES string of the molecule is COCCN1C[C@]2(CCCN(C(=O)CCc3csc(N)n3)C2)CCC1=O. The fraction of sp³-hybridized carbons (Fsp3) is 0.722. The van der Waals surface area contributed by atoms with Crippen LogP contribution in [-0.4, -0.2) is 66.5 Å². The van der Waals surface area contributed by atoms with E-state index in [0.29, 0.717) is 37.5 Å². The van der Waals surface area contributed by atoms with Crippen LogP contribution in [0.5, 0.6) is 0 Å². The smallest absolute Gasteiger partial charge is 0.222 e. The van der Waals surface area contributed by atoms with E-state index in [1.165, 1.54) is 11.3 Å². The van der Waals surface area contributed by atoms with E-state index in [0.717, 1.165) is 44.6 Å². The number of amides is 2. The summed E-state index contributed by atoms with van der Waals surface area (Å²) in [7, 11) is 1.65. The average molecular weight is 381 g/mol. The van der Waals surface area contributed by atoms with E-state index in [-0.39, 0.29) is 17.2 Å². The molecule has 2 saturated heterocycles. The van der Waals surface area contributed by atoms with Crippen LogP contribution in [0.1, 0.15) is 37.8 Å². The quantitative estimate of drug-likeness (QED) is 0.809. The molecule has 0 aliphatic carbocycles. The lowest BCUT2D eigenvalue weighted by Gasteiger charge is -2.48. The Hall–Kier alpha value is -1.67. The largest absolute Gasteiger partial charge is 0.383 e. The monoisotopic (exact) mass is 380 g/mol. The molecule has 144 valence electrons. The highest BCUT2D eigenvalue weighted by atomic mass is 32.1. The Kier molecular flexibility index (Phi) is 6.13. The molecule has 1 aromatic rings. The zero-order chi connectivity index (χ0) is 18.6. The minimum Gasteiger partial charge on any atom is -0.383 e. The number of ether oxygens (including phenoxy) is 1. The van der Waals surface area contributed by atoms with Gasteiger partial charge in [-0.15, -0.1) is 11.3 Å². The molecular weight excluding hydrogens is 352 g/mol. The van der Waals surface area contributed by atoms with Crippen LogP contribution in [0, 0.1) is 5.41 Å². The van der Waals surface area contributed by atoms with Gasteiger partial charge in [0, 0.05) is 56.9 Å². The molecular formula is C18H28N4O3S. The second-order valence-corrected chi connectivity index (χ2v) is 8.29. The van der Waals surface area contributed by atoms with Crippen LogP contribution in [-0.2, 0) is 20.7 Å². The number of thiazole rings is 1. The molecule has 7 nitrogen and oxygen atoms in total. The summed E-state index contributed by atoms with van der Waals surface area (Å²) >= 11 is 1.41. The van der Waals surface area contributed by atoms with Gasteiger partial charge in [-0.05, 0) is 25.7 Å². The molecule has 2 amide bonds. The molecule has 1 aromatic heterocycles. The molecule has 26 heavy (non-hydrogen) atoms. The van der Waals surface area contributed by atoms with Crippen LogP contribution >= 0.6 is 11.3 Å². The number of nitrogens with zero attached hydrogens (tertiary/aromatic N) is 3. The summed E-state index contributed by atoms with van der Waals surface area (Å²) in [6.07, 6.45) is 4.63. The van der Waals surface area contributed by atoms with Crippen LogP contribution in [0.15, 0.2) is 5.38 Å². The number of aryl methyl sites for hydroxylation is 1. The van der Waals surface area contributed by atoms with Gasteiger partial charge in [-0.2, -0.15) is 0 Å². The first-order valence-corrected chi connectivity index (χ1v) is 10.1. The number of nitrogen functional groups attached to an aromatic ring is 1. The van der Waals surface area contributed by atoms with Gasteiger partial charge in [0.2, 0.25) is 11.8 Å². The molecule has 0 aromatic carbocycles. The topological polar surface area (TPSA) is 88.8 Å². The Morgan fingerprint density at radius 1 is 1.42 bits per heavy atom. The third-order valence-corrected chi connectivity index (χ3v) is 6.21. The van der Waals surface area contributed by atoms with Crippen molar-refractivity contribution in [3.05, 3.63) is 11.1 Å². The summed E-state index contributed by atoms with van der Waals surface area (Å²) in [5.41, 5.74) is 6.58. The average Bonchev–Trinajstić information content (AvgIpc) is 3.06. The Morgan fingerprint density at radius 2 is 2.27 bits per heavy atom. The standard InChI is InChI=1S/C18H28N4O3S/c1-25-10-9-22-13-18(7-5-16(22)24)6-2-8-21(12-18)15(23)4-3-14-11-26-17(19)20-14/h11H,2-10,12-13H2,1H3,(H2,19,20)/t18-/m1/s1. The fourth-order valence-electron chi connectivity index (χ4n) is 4.09. The van der Waals surface area contributed by atoms with Crippen LogP contribution in [0.3, 0.4) is 0 Å². The van der Waals surface area contributed by atoms with E-state index < -0.39 is 0 Å². The first-order chi connectivity index (χ1) is 12.5. The molecule has 3 heterocycles. The third kappa shape index (κ3) is 4.54. The van der Waals surface area contributed by atoms with Gasteiger partial charge in [0.25, 0.3) is 0 Å². The molecule has 1 atom stereocenters. The van der Waals surface area contributed by atoms with Crippen molar-refractivity contribution in [2.75, 3.05) is 45.6 Å². The fourth-order valence-corrected chi connectivity index (χ4v) is 4.69. The lowest BCUT2D eigenvalue weighted by Crippen LogP contribution is -2.55. The van der Waals surface area contributed by atoms with Crippen molar-refractivity contribution in [3.63, 3.8) is 0 Å². The lowest BCUT2D eigenvalue weighted by molar-refractivity contribution is -0.143. The van der Waals surface area contributed by atoms with Crippen molar-refractivity contribution < 1.29 is 14.3 Å². The van der Waals surface area contributed by atoms with E-state index in [9.17, 15) is 9.59 Å². The lowest BCUT2D eigenvalue weighted by atomic mass is 9.73. The number of piperidine rings is 2. The number of aromatic nitrogens is 1. The molecule has 2 fully saturated rings. The van der Waals surface area contributed by atoms with Gasteiger partial charge in [0.1, 0.15) is 0 Å². The highest BCUT2D eigenvalue weighted by Gasteiger charge is 2.42. The van der Waals surface area contributed by atoms with Gasteiger partial charge in [-0.3, -0.25) is 9.59 Å². The van der Waals surface area contributed by atoms with Crippen LogP contribution in [0.2, 0.25) is 0 Å². The number of carbonyl (C=O) groups excluding carboxylic acids is 2. The Balaban J connectivity index is 1.57. The second kappa shape index (κ2) is 8.35. The summed E-state index contributed by atoms with van der Waals surface area (Å²) in [4.78, 5) is 33.0. The second-order valence-electron chi connectivity index (χ2n) is 7.40. The van der Waals surface area contributed by atoms with Gasteiger partial charge < -0.3 is 20.3 Å². The molecule has 0 bridgehead atoms.